The summed E-state index contributed by atoms with van der Waals surface area (Å²) in [6.45, 7) is 12.5. The van der Waals surface area contributed by atoms with Crippen molar-refractivity contribution >= 4 is 11.4 Å². The predicted molar refractivity (Wildman–Crippen MR) is 128 cm³/mol. The molecule has 1 aliphatic rings. The lowest BCUT2D eigenvalue weighted by molar-refractivity contribution is 0.319. The molecule has 1 aliphatic heterocycles. The number of benzene rings is 2. The van der Waals surface area contributed by atoms with E-state index in [0.717, 1.165) is 41.9 Å². The van der Waals surface area contributed by atoms with Crippen LogP contribution in [-0.2, 0) is 12.0 Å². The Hall–Kier alpha value is -3.14. The molecule has 4 nitrogen and oxygen atoms in total. The van der Waals surface area contributed by atoms with Crippen LogP contribution in [0.4, 0.5) is 5.69 Å². The summed E-state index contributed by atoms with van der Waals surface area (Å²) < 4.78 is 0. The van der Waals surface area contributed by atoms with E-state index in [1.807, 2.05) is 20.0 Å². The third kappa shape index (κ3) is 4.20. The molecule has 0 bridgehead atoms. The first-order valence-electron chi connectivity index (χ1n) is 10.9. The molecule has 4 rings (SSSR count). The van der Waals surface area contributed by atoms with Crippen LogP contribution in [0.1, 0.15) is 55.1 Å². The van der Waals surface area contributed by atoms with E-state index >= 15 is 0 Å². The highest BCUT2D eigenvalue weighted by Gasteiger charge is 2.32. The molecule has 3 aromatic rings. The van der Waals surface area contributed by atoms with Gasteiger partial charge in [-0.3, -0.25) is 4.98 Å². The second-order valence-electron chi connectivity index (χ2n) is 9.33. The maximum Gasteiger partial charge on any atom is 0.0843 e. The molecule has 0 atom stereocenters. The van der Waals surface area contributed by atoms with Crippen molar-refractivity contribution in [1.29, 1.82) is 0 Å². The lowest BCUT2D eigenvalue weighted by Gasteiger charge is -2.41. The van der Waals surface area contributed by atoms with Crippen LogP contribution in [0.2, 0.25) is 0 Å². The smallest absolute Gasteiger partial charge is 0.0843 e. The SMILES string of the molecule is CC(=NO)c1cc2c(cc1-c1ccc(C)cc1)C(C)(C)CCN2Cc1ccnc(C)c1. The molecule has 0 saturated heterocycles. The van der Waals surface area contributed by atoms with Crippen LogP contribution in [0.3, 0.4) is 0 Å². The fourth-order valence-corrected chi connectivity index (χ4v) is 4.47. The third-order valence-electron chi connectivity index (χ3n) is 6.45. The van der Waals surface area contributed by atoms with Gasteiger partial charge in [-0.2, -0.15) is 0 Å². The number of rotatable bonds is 4. The van der Waals surface area contributed by atoms with Crippen molar-refractivity contribution in [2.24, 2.45) is 5.16 Å². The maximum atomic E-state index is 9.61. The van der Waals surface area contributed by atoms with Crippen LogP contribution in [0.5, 0.6) is 0 Å². The number of aryl methyl sites for hydroxylation is 2. The van der Waals surface area contributed by atoms with E-state index < -0.39 is 0 Å². The van der Waals surface area contributed by atoms with Crippen LogP contribution in [-0.4, -0.2) is 22.4 Å². The lowest BCUT2D eigenvalue weighted by Crippen LogP contribution is -2.37. The van der Waals surface area contributed by atoms with E-state index in [2.05, 4.69) is 84.3 Å². The molecule has 0 aliphatic carbocycles. The first-order valence-corrected chi connectivity index (χ1v) is 10.9. The summed E-state index contributed by atoms with van der Waals surface area (Å²) in [5.74, 6) is 0. The minimum absolute atomic E-state index is 0.0717. The number of hydrogen-bond acceptors (Lipinski definition) is 4. The normalized spacial score (nSPS) is 15.6. The largest absolute Gasteiger partial charge is 0.411 e. The quantitative estimate of drug-likeness (QED) is 0.312. The number of aromatic nitrogens is 1. The van der Waals surface area contributed by atoms with Gasteiger partial charge in [0.2, 0.25) is 0 Å². The lowest BCUT2D eigenvalue weighted by atomic mass is 9.75. The van der Waals surface area contributed by atoms with Gasteiger partial charge in [0.15, 0.2) is 0 Å². The Morgan fingerprint density at radius 3 is 2.52 bits per heavy atom. The van der Waals surface area contributed by atoms with Crippen molar-refractivity contribution in [2.45, 2.75) is 53.0 Å². The van der Waals surface area contributed by atoms with Crippen molar-refractivity contribution in [3.05, 3.63) is 82.7 Å². The van der Waals surface area contributed by atoms with E-state index in [4.69, 9.17) is 0 Å². The summed E-state index contributed by atoms with van der Waals surface area (Å²) in [4.78, 5) is 6.78. The average Bonchev–Trinajstić information content (AvgIpc) is 2.75. The summed E-state index contributed by atoms with van der Waals surface area (Å²) in [7, 11) is 0. The molecular weight excluding hydrogens is 382 g/mol. The molecule has 1 aromatic heterocycles. The number of pyridine rings is 1. The van der Waals surface area contributed by atoms with Crippen LogP contribution >= 0.6 is 0 Å². The number of fused-ring (bicyclic) bond motifs is 1. The Labute approximate surface area is 185 Å². The average molecular weight is 414 g/mol. The Balaban J connectivity index is 1.87. The minimum atomic E-state index is 0.0717. The Morgan fingerprint density at radius 1 is 1.10 bits per heavy atom. The first kappa shape index (κ1) is 21.1. The fraction of sp³-hybridized carbons (Fsp3) is 0.333. The molecular formula is C27H31N3O. The van der Waals surface area contributed by atoms with Crippen LogP contribution in [0.25, 0.3) is 11.1 Å². The second-order valence-corrected chi connectivity index (χ2v) is 9.33. The van der Waals surface area contributed by atoms with E-state index in [0.29, 0.717) is 5.71 Å². The van der Waals surface area contributed by atoms with E-state index in [-0.39, 0.29) is 5.41 Å². The van der Waals surface area contributed by atoms with Crippen LogP contribution < -0.4 is 4.90 Å². The van der Waals surface area contributed by atoms with Gasteiger partial charge in [-0.05, 0) is 79.1 Å². The van der Waals surface area contributed by atoms with Crippen molar-refractivity contribution in [1.82, 2.24) is 4.98 Å². The second kappa shape index (κ2) is 8.18. The molecule has 0 amide bonds. The fourth-order valence-electron chi connectivity index (χ4n) is 4.47. The molecule has 0 fully saturated rings. The summed E-state index contributed by atoms with van der Waals surface area (Å²) in [6.07, 6.45) is 2.97. The summed E-state index contributed by atoms with van der Waals surface area (Å²) in [5, 5.41) is 13.2. The molecule has 0 unspecified atom stereocenters. The zero-order chi connectivity index (χ0) is 22.2. The van der Waals surface area contributed by atoms with Gasteiger partial charge in [-0.1, -0.05) is 48.8 Å². The predicted octanol–water partition coefficient (Wildman–Crippen LogP) is 6.25. The van der Waals surface area contributed by atoms with Crippen molar-refractivity contribution in [3.63, 3.8) is 0 Å². The standard InChI is InChI=1S/C27H31N3O/c1-18-6-8-22(9-7-18)24-15-25-26(16-23(24)20(3)29-31)30(13-11-27(25,4)5)17-21-10-12-28-19(2)14-21/h6-10,12,14-16,31H,11,13,17H2,1-5H3. The van der Waals surface area contributed by atoms with Gasteiger partial charge in [-0.25, -0.2) is 0 Å². The van der Waals surface area contributed by atoms with Crippen LogP contribution in [0, 0.1) is 13.8 Å². The van der Waals surface area contributed by atoms with Crippen LogP contribution in [0.15, 0.2) is 59.9 Å². The van der Waals surface area contributed by atoms with Gasteiger partial charge < -0.3 is 10.1 Å². The molecule has 160 valence electrons. The molecule has 0 saturated carbocycles. The minimum Gasteiger partial charge on any atom is -0.411 e. The molecule has 2 aromatic carbocycles. The van der Waals surface area contributed by atoms with Gasteiger partial charge in [0.1, 0.15) is 0 Å². The zero-order valence-corrected chi connectivity index (χ0v) is 19.1. The van der Waals surface area contributed by atoms with Crippen molar-refractivity contribution < 1.29 is 5.21 Å². The summed E-state index contributed by atoms with van der Waals surface area (Å²) >= 11 is 0. The van der Waals surface area contributed by atoms with Crippen molar-refractivity contribution in [3.8, 4) is 11.1 Å². The highest BCUT2D eigenvalue weighted by atomic mass is 16.4. The Morgan fingerprint density at radius 2 is 1.84 bits per heavy atom. The molecule has 4 heteroatoms. The Kier molecular flexibility index (Phi) is 5.57. The zero-order valence-electron chi connectivity index (χ0n) is 19.1. The van der Waals surface area contributed by atoms with Gasteiger partial charge >= 0.3 is 0 Å². The highest BCUT2D eigenvalue weighted by Crippen LogP contribution is 2.43. The molecule has 0 spiro atoms. The molecule has 31 heavy (non-hydrogen) atoms. The summed E-state index contributed by atoms with van der Waals surface area (Å²) in [6, 6.07) is 17.3. The monoisotopic (exact) mass is 413 g/mol. The van der Waals surface area contributed by atoms with Gasteiger partial charge in [-0.15, -0.1) is 0 Å². The van der Waals surface area contributed by atoms with Gasteiger partial charge in [0, 0.05) is 36.2 Å². The van der Waals surface area contributed by atoms with Crippen molar-refractivity contribution in [2.75, 3.05) is 11.4 Å². The highest BCUT2D eigenvalue weighted by molar-refractivity contribution is 6.05. The van der Waals surface area contributed by atoms with E-state index in [1.54, 1.807) is 0 Å². The molecule has 0 radical (unpaired) electrons. The number of hydrogen-bond donors (Lipinski definition) is 1. The first-order chi connectivity index (χ1) is 14.8. The van der Waals surface area contributed by atoms with Gasteiger partial charge in [0.25, 0.3) is 0 Å². The molecule has 1 N–H and O–H groups in total. The maximum absolute atomic E-state index is 9.61. The van der Waals surface area contributed by atoms with E-state index in [9.17, 15) is 5.21 Å². The number of nitrogens with zero attached hydrogens (tertiary/aromatic N) is 3. The third-order valence-corrected chi connectivity index (χ3v) is 6.45. The van der Waals surface area contributed by atoms with E-state index in [1.165, 1.54) is 22.4 Å². The Bertz CT molecular complexity index is 1130. The van der Waals surface area contributed by atoms with Gasteiger partial charge in [0.05, 0.1) is 5.71 Å². The number of anilines is 1. The topological polar surface area (TPSA) is 48.7 Å². The molecule has 2 heterocycles. The number of oxime groups is 1. The summed E-state index contributed by atoms with van der Waals surface area (Å²) in [5.41, 5.74) is 10.0.